The number of hydrogen-bond acceptors (Lipinski definition) is 2. The smallest absolute Gasteiger partial charge is 0.295 e. The summed E-state index contributed by atoms with van der Waals surface area (Å²) in [4.78, 5) is 16.3. The van der Waals surface area contributed by atoms with Crippen molar-refractivity contribution in [2.75, 3.05) is 0 Å². The van der Waals surface area contributed by atoms with E-state index in [4.69, 9.17) is 0 Å². The molecule has 4 nitrogen and oxygen atoms in total. The molecule has 0 aromatic carbocycles. The van der Waals surface area contributed by atoms with Gasteiger partial charge in [-0.15, -0.1) is 0 Å². The standard InChI is InChI=1S/C20H24F3N3O/c1-7-14(15-8-16(11-24-10-15)20(21,22)23)9-17-13(2)26(12-19(3,4)5)18(27)25(17)6/h7-11H,2,12H2,1,3-6H3. The van der Waals surface area contributed by atoms with E-state index in [1.165, 1.54) is 10.8 Å². The molecule has 0 spiro atoms. The van der Waals surface area contributed by atoms with Gasteiger partial charge in [0.15, 0.2) is 0 Å². The van der Waals surface area contributed by atoms with Crippen molar-refractivity contribution in [1.29, 1.82) is 0 Å². The fourth-order valence-electron chi connectivity index (χ4n) is 2.78. The van der Waals surface area contributed by atoms with Gasteiger partial charge >= 0.3 is 11.9 Å². The van der Waals surface area contributed by atoms with Gasteiger partial charge in [-0.1, -0.05) is 33.4 Å². The van der Waals surface area contributed by atoms with Gasteiger partial charge < -0.3 is 0 Å². The third-order valence-corrected chi connectivity index (χ3v) is 4.14. The number of pyridine rings is 1. The Balaban J connectivity index is 2.63. The fourth-order valence-corrected chi connectivity index (χ4v) is 2.78. The van der Waals surface area contributed by atoms with Crippen LogP contribution in [0.3, 0.4) is 0 Å². The second-order valence-corrected chi connectivity index (χ2v) is 7.67. The van der Waals surface area contributed by atoms with E-state index < -0.39 is 11.7 Å². The number of nitrogens with zero attached hydrogens (tertiary/aromatic N) is 3. The first-order valence-electron chi connectivity index (χ1n) is 8.50. The summed E-state index contributed by atoms with van der Waals surface area (Å²) in [5.41, 5.74) is -0.297. The summed E-state index contributed by atoms with van der Waals surface area (Å²) in [5, 5.41) is 1.08. The lowest BCUT2D eigenvalue weighted by Crippen LogP contribution is -2.35. The van der Waals surface area contributed by atoms with Gasteiger partial charge in [0.1, 0.15) is 0 Å². The van der Waals surface area contributed by atoms with Crippen molar-refractivity contribution in [2.45, 2.75) is 40.4 Å². The Morgan fingerprint density at radius 2 is 1.89 bits per heavy atom. The van der Waals surface area contributed by atoms with Gasteiger partial charge in [0.2, 0.25) is 0 Å². The van der Waals surface area contributed by atoms with Crippen molar-refractivity contribution in [3.05, 3.63) is 56.8 Å². The molecular formula is C20H24F3N3O. The number of hydrogen-bond donors (Lipinski definition) is 0. The van der Waals surface area contributed by atoms with Gasteiger partial charge in [0.25, 0.3) is 0 Å². The van der Waals surface area contributed by atoms with Crippen LogP contribution < -0.4 is 16.4 Å². The Labute approximate surface area is 156 Å². The molecule has 0 bridgehead atoms. The highest BCUT2D eigenvalue weighted by molar-refractivity contribution is 5.87. The minimum absolute atomic E-state index is 0.122. The molecule has 0 unspecified atom stereocenters. The average molecular weight is 379 g/mol. The first-order chi connectivity index (χ1) is 12.3. The molecule has 0 aliphatic carbocycles. The van der Waals surface area contributed by atoms with Crippen LogP contribution in [0.1, 0.15) is 38.8 Å². The molecule has 0 saturated carbocycles. The molecule has 0 atom stereocenters. The van der Waals surface area contributed by atoms with Crippen LogP contribution in [0.4, 0.5) is 13.2 Å². The van der Waals surface area contributed by atoms with Crippen molar-refractivity contribution < 1.29 is 13.2 Å². The summed E-state index contributed by atoms with van der Waals surface area (Å²) in [6.45, 7) is 12.3. The van der Waals surface area contributed by atoms with Gasteiger partial charge in [-0.25, -0.2) is 4.79 Å². The molecule has 0 amide bonds. The number of allylic oxidation sites excluding steroid dienone is 2. The van der Waals surface area contributed by atoms with E-state index in [1.54, 1.807) is 30.7 Å². The third-order valence-electron chi connectivity index (χ3n) is 4.14. The number of alkyl halides is 3. The highest BCUT2D eigenvalue weighted by Crippen LogP contribution is 2.30. The minimum atomic E-state index is -4.47. The maximum Gasteiger partial charge on any atom is 0.417 e. The normalized spacial score (nSPS) is 14.1. The lowest BCUT2D eigenvalue weighted by atomic mass is 9.97. The monoisotopic (exact) mass is 379 g/mol. The zero-order chi connectivity index (χ0) is 20.6. The Hall–Kier alpha value is -2.57. The zero-order valence-corrected chi connectivity index (χ0v) is 16.2. The van der Waals surface area contributed by atoms with E-state index in [0.717, 1.165) is 12.3 Å². The summed E-state index contributed by atoms with van der Waals surface area (Å²) >= 11 is 0. The average Bonchev–Trinajstić information content (AvgIpc) is 2.75. The van der Waals surface area contributed by atoms with Crippen LogP contribution in [0.5, 0.6) is 0 Å². The highest BCUT2D eigenvalue weighted by atomic mass is 19.4. The summed E-state index contributed by atoms with van der Waals surface area (Å²) in [6, 6.07) is 1.05. The molecule has 7 heteroatoms. The molecule has 2 aromatic heterocycles. The molecular weight excluding hydrogens is 355 g/mol. The van der Waals surface area contributed by atoms with Gasteiger partial charge in [-0.3, -0.25) is 14.1 Å². The van der Waals surface area contributed by atoms with Gasteiger partial charge in [0, 0.05) is 31.5 Å². The minimum Gasteiger partial charge on any atom is -0.295 e. The molecule has 2 heterocycles. The SMILES string of the molecule is C=c1c(=CC(=CC)c2cncc(C(F)(F)F)c2)n(C)c(=O)n1CC(C)(C)C. The van der Waals surface area contributed by atoms with Crippen LogP contribution in [0.15, 0.2) is 29.3 Å². The number of halogens is 3. The topological polar surface area (TPSA) is 39.8 Å². The van der Waals surface area contributed by atoms with Crippen LogP contribution in [0.2, 0.25) is 0 Å². The predicted molar refractivity (Wildman–Crippen MR) is 101 cm³/mol. The molecule has 0 N–H and O–H groups in total. The second-order valence-electron chi connectivity index (χ2n) is 7.67. The maximum absolute atomic E-state index is 13.0. The van der Waals surface area contributed by atoms with Crippen molar-refractivity contribution in [1.82, 2.24) is 14.1 Å². The first-order valence-corrected chi connectivity index (χ1v) is 8.50. The maximum atomic E-state index is 13.0. The lowest BCUT2D eigenvalue weighted by molar-refractivity contribution is -0.137. The molecule has 2 aromatic rings. The van der Waals surface area contributed by atoms with Crippen molar-refractivity contribution >= 4 is 18.2 Å². The molecule has 146 valence electrons. The van der Waals surface area contributed by atoms with E-state index in [1.807, 2.05) is 20.8 Å². The number of rotatable bonds is 3. The molecule has 0 aliphatic rings. The third kappa shape index (κ3) is 4.59. The number of aromatic nitrogens is 3. The molecule has 0 fully saturated rings. The molecule has 2 rings (SSSR count). The van der Waals surface area contributed by atoms with Crippen LogP contribution >= 0.6 is 0 Å². The van der Waals surface area contributed by atoms with E-state index in [-0.39, 0.29) is 11.1 Å². The van der Waals surface area contributed by atoms with Crippen LogP contribution in [-0.2, 0) is 19.8 Å². The Morgan fingerprint density at radius 3 is 2.41 bits per heavy atom. The largest absolute Gasteiger partial charge is 0.417 e. The van der Waals surface area contributed by atoms with Gasteiger partial charge in [0.05, 0.1) is 16.3 Å². The molecule has 0 radical (unpaired) electrons. The van der Waals surface area contributed by atoms with Gasteiger partial charge in [-0.05, 0) is 30.1 Å². The van der Waals surface area contributed by atoms with E-state index in [2.05, 4.69) is 11.6 Å². The fraction of sp³-hybridized carbons (Fsp3) is 0.400. The number of imidazole rings is 1. The molecule has 0 aliphatic heterocycles. The Morgan fingerprint density at radius 1 is 1.26 bits per heavy atom. The summed E-state index contributed by atoms with van der Waals surface area (Å²) in [6.07, 6.45) is 1.04. The molecule has 27 heavy (non-hydrogen) atoms. The summed E-state index contributed by atoms with van der Waals surface area (Å²) in [7, 11) is 1.62. The Bertz CT molecular complexity index is 1030. The first kappa shape index (κ1) is 20.7. The van der Waals surface area contributed by atoms with E-state index in [0.29, 0.717) is 28.4 Å². The van der Waals surface area contributed by atoms with E-state index in [9.17, 15) is 18.0 Å². The van der Waals surface area contributed by atoms with Crippen LogP contribution in [-0.4, -0.2) is 14.1 Å². The Kier molecular flexibility index (Phi) is 5.54. The summed E-state index contributed by atoms with van der Waals surface area (Å²) < 4.78 is 42.0. The van der Waals surface area contributed by atoms with Gasteiger partial charge in [-0.2, -0.15) is 13.2 Å². The van der Waals surface area contributed by atoms with Crippen molar-refractivity contribution in [3.63, 3.8) is 0 Å². The van der Waals surface area contributed by atoms with Crippen molar-refractivity contribution in [3.8, 4) is 0 Å². The highest BCUT2D eigenvalue weighted by Gasteiger charge is 2.31. The van der Waals surface area contributed by atoms with Crippen molar-refractivity contribution in [2.24, 2.45) is 12.5 Å². The summed E-state index contributed by atoms with van der Waals surface area (Å²) in [5.74, 6) is 0. The van der Waals surface area contributed by atoms with Crippen LogP contribution in [0, 0.1) is 5.41 Å². The molecule has 0 saturated heterocycles. The second kappa shape index (κ2) is 7.21. The van der Waals surface area contributed by atoms with E-state index >= 15 is 0 Å². The van der Waals surface area contributed by atoms with Crippen LogP contribution in [0.25, 0.3) is 18.2 Å². The lowest BCUT2D eigenvalue weighted by Gasteiger charge is -2.18. The quantitative estimate of drug-likeness (QED) is 0.823. The predicted octanol–water partition coefficient (Wildman–Crippen LogP) is 2.94. The zero-order valence-electron chi connectivity index (χ0n) is 16.2.